The number of nitrogens with zero attached hydrogens (tertiary/aromatic N) is 1. The summed E-state index contributed by atoms with van der Waals surface area (Å²) in [6.07, 6.45) is 0.724. The van der Waals surface area contributed by atoms with Crippen molar-refractivity contribution in [1.82, 2.24) is 10.2 Å². The van der Waals surface area contributed by atoms with E-state index in [1.807, 2.05) is 18.2 Å². The maximum atomic E-state index is 13.9. The summed E-state index contributed by atoms with van der Waals surface area (Å²) in [5, 5.41) is 3.05. The van der Waals surface area contributed by atoms with Gasteiger partial charge in [0.1, 0.15) is 5.82 Å². The number of carbonyl (C=O) groups is 1. The largest absolute Gasteiger partial charge is 0.379 e. The first-order valence-electron chi connectivity index (χ1n) is 9.61. The van der Waals surface area contributed by atoms with Crippen LogP contribution in [0.5, 0.6) is 0 Å². The van der Waals surface area contributed by atoms with Gasteiger partial charge in [-0.15, -0.1) is 0 Å². The van der Waals surface area contributed by atoms with Crippen LogP contribution in [0.2, 0.25) is 0 Å². The van der Waals surface area contributed by atoms with Crippen LogP contribution in [-0.2, 0) is 22.6 Å². The minimum Gasteiger partial charge on any atom is -0.379 e. The lowest BCUT2D eigenvalue weighted by atomic mass is 10.1. The van der Waals surface area contributed by atoms with Crippen LogP contribution in [0, 0.1) is 11.7 Å². The predicted octanol–water partition coefficient (Wildman–Crippen LogP) is 3.08. The molecule has 4 rings (SSSR count). The molecule has 1 amide bonds. The van der Waals surface area contributed by atoms with Gasteiger partial charge < -0.3 is 10.1 Å². The van der Waals surface area contributed by atoms with Crippen molar-refractivity contribution in [3.8, 4) is 0 Å². The Balaban J connectivity index is 1.34. The molecule has 2 aliphatic rings. The van der Waals surface area contributed by atoms with Gasteiger partial charge in [-0.2, -0.15) is 0 Å². The van der Waals surface area contributed by atoms with Crippen molar-refractivity contribution >= 4 is 5.91 Å². The zero-order valence-electron chi connectivity index (χ0n) is 15.4. The van der Waals surface area contributed by atoms with E-state index in [2.05, 4.69) is 22.3 Å². The first-order valence-corrected chi connectivity index (χ1v) is 9.61. The Morgan fingerprint density at radius 3 is 2.56 bits per heavy atom. The number of benzene rings is 2. The van der Waals surface area contributed by atoms with Crippen LogP contribution >= 0.6 is 0 Å². The highest BCUT2D eigenvalue weighted by molar-refractivity contribution is 5.82. The van der Waals surface area contributed by atoms with E-state index in [0.717, 1.165) is 44.8 Å². The normalized spacial score (nSPS) is 22.4. The second-order valence-corrected chi connectivity index (χ2v) is 7.35. The number of rotatable bonds is 6. The molecular weight excluding hydrogens is 343 g/mol. The average Bonchev–Trinajstić information content (AvgIpc) is 3.49. The van der Waals surface area contributed by atoms with Crippen molar-refractivity contribution < 1.29 is 13.9 Å². The third-order valence-corrected chi connectivity index (χ3v) is 5.50. The molecule has 27 heavy (non-hydrogen) atoms. The maximum Gasteiger partial charge on any atom is 0.224 e. The van der Waals surface area contributed by atoms with E-state index in [1.54, 1.807) is 12.1 Å². The van der Waals surface area contributed by atoms with Gasteiger partial charge in [0.15, 0.2) is 0 Å². The van der Waals surface area contributed by atoms with Crippen LogP contribution in [-0.4, -0.2) is 37.1 Å². The van der Waals surface area contributed by atoms with Crippen LogP contribution in [0.15, 0.2) is 48.5 Å². The Bertz CT molecular complexity index is 804. The number of morpholine rings is 1. The fraction of sp³-hybridized carbons (Fsp3) is 0.409. The smallest absolute Gasteiger partial charge is 0.224 e. The Morgan fingerprint density at radius 1 is 1.07 bits per heavy atom. The average molecular weight is 368 g/mol. The highest BCUT2D eigenvalue weighted by atomic mass is 19.1. The van der Waals surface area contributed by atoms with E-state index in [4.69, 9.17) is 4.74 Å². The van der Waals surface area contributed by atoms with E-state index >= 15 is 0 Å². The van der Waals surface area contributed by atoms with E-state index in [-0.39, 0.29) is 23.6 Å². The van der Waals surface area contributed by atoms with E-state index in [9.17, 15) is 9.18 Å². The SMILES string of the molecule is O=C(NCc1ccccc1CN1CCOCC1)C1CC1c1ccccc1F. The van der Waals surface area contributed by atoms with Gasteiger partial charge in [-0.25, -0.2) is 4.39 Å². The lowest BCUT2D eigenvalue weighted by molar-refractivity contribution is -0.122. The van der Waals surface area contributed by atoms with Crippen LogP contribution in [0.4, 0.5) is 4.39 Å². The molecule has 2 unspecified atom stereocenters. The number of hydrogen-bond acceptors (Lipinski definition) is 3. The van der Waals surface area contributed by atoms with Crippen molar-refractivity contribution in [2.45, 2.75) is 25.4 Å². The van der Waals surface area contributed by atoms with Gasteiger partial charge in [-0.1, -0.05) is 42.5 Å². The minimum atomic E-state index is -0.214. The zero-order chi connectivity index (χ0) is 18.6. The van der Waals surface area contributed by atoms with E-state index in [0.29, 0.717) is 12.1 Å². The number of ether oxygens (including phenoxy) is 1. The van der Waals surface area contributed by atoms with Gasteiger partial charge >= 0.3 is 0 Å². The molecule has 2 aromatic carbocycles. The quantitative estimate of drug-likeness (QED) is 0.852. The number of halogens is 1. The number of hydrogen-bond donors (Lipinski definition) is 1. The number of amides is 1. The molecule has 4 nitrogen and oxygen atoms in total. The second-order valence-electron chi connectivity index (χ2n) is 7.35. The standard InChI is InChI=1S/C22H25FN2O2/c23-21-8-4-3-7-18(21)19-13-20(19)22(26)24-14-16-5-1-2-6-17(16)15-25-9-11-27-12-10-25/h1-8,19-20H,9-15H2,(H,24,26). The van der Waals surface area contributed by atoms with Crippen molar-refractivity contribution in [2.24, 2.45) is 5.92 Å². The second kappa shape index (κ2) is 8.19. The van der Waals surface area contributed by atoms with E-state index in [1.165, 1.54) is 11.6 Å². The lowest BCUT2D eigenvalue weighted by Gasteiger charge is -2.27. The molecule has 5 heteroatoms. The number of nitrogens with one attached hydrogen (secondary N) is 1. The highest BCUT2D eigenvalue weighted by Gasteiger charge is 2.44. The monoisotopic (exact) mass is 368 g/mol. The summed E-state index contributed by atoms with van der Waals surface area (Å²) >= 11 is 0. The molecule has 1 saturated heterocycles. The van der Waals surface area contributed by atoms with E-state index < -0.39 is 0 Å². The zero-order valence-corrected chi connectivity index (χ0v) is 15.4. The first kappa shape index (κ1) is 18.1. The molecule has 0 bridgehead atoms. The molecule has 1 N–H and O–H groups in total. The lowest BCUT2D eigenvalue weighted by Crippen LogP contribution is -2.36. The topological polar surface area (TPSA) is 41.6 Å². The van der Waals surface area contributed by atoms with Crippen LogP contribution in [0.25, 0.3) is 0 Å². The molecule has 0 spiro atoms. The van der Waals surface area contributed by atoms with Gasteiger partial charge in [-0.3, -0.25) is 9.69 Å². The molecule has 2 aromatic rings. The van der Waals surface area contributed by atoms with Crippen LogP contribution in [0.1, 0.15) is 29.0 Å². The molecule has 0 radical (unpaired) electrons. The van der Waals surface area contributed by atoms with Crippen molar-refractivity contribution in [2.75, 3.05) is 26.3 Å². The summed E-state index contributed by atoms with van der Waals surface area (Å²) in [5.74, 6) is -0.304. The molecule has 142 valence electrons. The third kappa shape index (κ3) is 4.37. The minimum absolute atomic E-state index is 0.00907. The first-order chi connectivity index (χ1) is 13.2. The fourth-order valence-corrected chi connectivity index (χ4v) is 3.80. The van der Waals surface area contributed by atoms with Gasteiger partial charge in [0.05, 0.1) is 13.2 Å². The predicted molar refractivity (Wildman–Crippen MR) is 102 cm³/mol. The van der Waals surface area contributed by atoms with Gasteiger partial charge in [0, 0.05) is 32.1 Å². The van der Waals surface area contributed by atoms with Crippen molar-refractivity contribution in [3.05, 3.63) is 71.0 Å². The highest BCUT2D eigenvalue weighted by Crippen LogP contribution is 2.48. The molecule has 2 atom stereocenters. The van der Waals surface area contributed by atoms with Gasteiger partial charge in [-0.05, 0) is 35.1 Å². The molecule has 2 fully saturated rings. The summed E-state index contributed by atoms with van der Waals surface area (Å²) in [4.78, 5) is 14.9. The van der Waals surface area contributed by atoms with Crippen LogP contribution < -0.4 is 5.32 Å². The summed E-state index contributed by atoms with van der Waals surface area (Å²) in [6, 6.07) is 15.0. The molecular formula is C22H25FN2O2. The van der Waals surface area contributed by atoms with Crippen LogP contribution in [0.3, 0.4) is 0 Å². The Labute approximate surface area is 159 Å². The molecule has 1 aliphatic carbocycles. The summed E-state index contributed by atoms with van der Waals surface area (Å²) < 4.78 is 19.3. The van der Waals surface area contributed by atoms with Gasteiger partial charge in [0.2, 0.25) is 5.91 Å². The Kier molecular flexibility index (Phi) is 5.50. The summed E-state index contributed by atoms with van der Waals surface area (Å²) in [5.41, 5.74) is 3.03. The Hall–Kier alpha value is -2.24. The maximum absolute atomic E-state index is 13.9. The molecule has 1 heterocycles. The summed E-state index contributed by atoms with van der Waals surface area (Å²) in [7, 11) is 0. The fourth-order valence-electron chi connectivity index (χ4n) is 3.80. The van der Waals surface area contributed by atoms with Crippen molar-refractivity contribution in [3.63, 3.8) is 0 Å². The molecule has 1 saturated carbocycles. The third-order valence-electron chi connectivity index (χ3n) is 5.50. The molecule has 1 aliphatic heterocycles. The Morgan fingerprint density at radius 2 is 1.78 bits per heavy atom. The summed E-state index contributed by atoms with van der Waals surface area (Å²) in [6.45, 7) is 4.81. The number of carbonyl (C=O) groups excluding carboxylic acids is 1. The van der Waals surface area contributed by atoms with Crippen molar-refractivity contribution in [1.29, 1.82) is 0 Å². The molecule has 0 aromatic heterocycles. The van der Waals surface area contributed by atoms with Gasteiger partial charge in [0.25, 0.3) is 0 Å².